The molecule has 0 unspecified atom stereocenters. The molecule has 7 heteroatoms. The molecule has 1 N–H and O–H groups in total. The number of amides is 1. The van der Waals surface area contributed by atoms with Crippen LogP contribution in [-0.4, -0.2) is 27.2 Å². The Bertz CT molecular complexity index is 764. The van der Waals surface area contributed by atoms with Crippen LogP contribution >= 0.6 is 23.4 Å². The van der Waals surface area contributed by atoms with E-state index in [0.717, 1.165) is 42.0 Å². The number of halogens is 1. The first kappa shape index (κ1) is 15.9. The summed E-state index contributed by atoms with van der Waals surface area (Å²) in [6.45, 7) is 0. The molecule has 1 aromatic heterocycles. The first-order chi connectivity index (χ1) is 11.2. The Morgan fingerprint density at radius 3 is 2.91 bits per heavy atom. The number of carbonyl (C=O) groups is 1. The van der Waals surface area contributed by atoms with Crippen molar-refractivity contribution in [2.24, 2.45) is 0 Å². The van der Waals surface area contributed by atoms with E-state index in [9.17, 15) is 4.79 Å². The highest BCUT2D eigenvalue weighted by Crippen LogP contribution is 2.31. The van der Waals surface area contributed by atoms with Crippen LogP contribution in [0, 0.1) is 11.3 Å². The number of aromatic nitrogens is 2. The molecule has 1 aromatic carbocycles. The number of nitrogens with zero attached hydrogens (tertiary/aromatic N) is 3. The predicted octanol–water partition coefficient (Wildman–Crippen LogP) is 3.21. The van der Waals surface area contributed by atoms with E-state index in [-0.39, 0.29) is 11.7 Å². The standard InChI is InChI=1S/C16H15ClN4OS/c17-11-4-6-12(7-5-11)21-16(13-2-1-3-14(13)20-21)19-15(22)10-23-9-8-18/h4-7H,1-3,9-10H2,(H,19,22). The van der Waals surface area contributed by atoms with Crippen molar-refractivity contribution >= 4 is 35.1 Å². The fourth-order valence-corrected chi connectivity index (χ4v) is 3.22. The summed E-state index contributed by atoms with van der Waals surface area (Å²) < 4.78 is 1.77. The molecule has 1 aliphatic rings. The average molecular weight is 347 g/mol. The van der Waals surface area contributed by atoms with E-state index < -0.39 is 0 Å². The van der Waals surface area contributed by atoms with Crippen LogP contribution in [0.3, 0.4) is 0 Å². The van der Waals surface area contributed by atoms with Gasteiger partial charge in [-0.2, -0.15) is 10.4 Å². The molecule has 0 fully saturated rings. The van der Waals surface area contributed by atoms with E-state index in [1.807, 2.05) is 18.2 Å². The zero-order valence-corrected chi connectivity index (χ0v) is 14.0. The Labute approximate surface area is 143 Å². The van der Waals surface area contributed by atoms with Crippen LogP contribution in [0.1, 0.15) is 17.7 Å². The monoisotopic (exact) mass is 346 g/mol. The van der Waals surface area contributed by atoms with E-state index in [0.29, 0.717) is 10.8 Å². The number of carbonyl (C=O) groups excluding carboxylic acids is 1. The van der Waals surface area contributed by atoms with Crippen LogP contribution in [-0.2, 0) is 17.6 Å². The van der Waals surface area contributed by atoms with E-state index in [1.165, 1.54) is 11.8 Å². The van der Waals surface area contributed by atoms with Gasteiger partial charge in [0.15, 0.2) is 0 Å². The predicted molar refractivity (Wildman–Crippen MR) is 92.2 cm³/mol. The lowest BCUT2D eigenvalue weighted by atomic mass is 10.2. The maximum atomic E-state index is 12.1. The Hall–Kier alpha value is -1.97. The third-order valence-electron chi connectivity index (χ3n) is 3.64. The minimum Gasteiger partial charge on any atom is -0.310 e. The van der Waals surface area contributed by atoms with E-state index in [1.54, 1.807) is 16.8 Å². The molecule has 0 saturated carbocycles. The quantitative estimate of drug-likeness (QED) is 0.844. The number of thioether (sulfide) groups is 1. The van der Waals surface area contributed by atoms with Gasteiger partial charge in [-0.3, -0.25) is 4.79 Å². The Morgan fingerprint density at radius 1 is 1.39 bits per heavy atom. The van der Waals surface area contributed by atoms with Crippen molar-refractivity contribution in [3.8, 4) is 11.8 Å². The number of benzene rings is 1. The molecule has 0 radical (unpaired) electrons. The molecule has 2 aromatic rings. The van der Waals surface area contributed by atoms with E-state index in [4.69, 9.17) is 16.9 Å². The molecular formula is C16H15ClN4OS. The van der Waals surface area contributed by atoms with E-state index in [2.05, 4.69) is 10.4 Å². The number of rotatable bonds is 5. The van der Waals surface area contributed by atoms with Gasteiger partial charge in [0.1, 0.15) is 5.82 Å². The minimum absolute atomic E-state index is 0.116. The summed E-state index contributed by atoms with van der Waals surface area (Å²) in [7, 11) is 0. The van der Waals surface area contributed by atoms with Gasteiger partial charge in [0.2, 0.25) is 5.91 Å². The van der Waals surface area contributed by atoms with Gasteiger partial charge in [-0.1, -0.05) is 11.6 Å². The van der Waals surface area contributed by atoms with Crippen LogP contribution in [0.15, 0.2) is 24.3 Å². The Balaban J connectivity index is 1.87. The Kier molecular flexibility index (Phi) is 4.89. The second-order valence-corrected chi connectivity index (χ2v) is 6.64. The van der Waals surface area contributed by atoms with Crippen molar-refractivity contribution < 1.29 is 4.79 Å². The number of hydrogen-bond donors (Lipinski definition) is 1. The second kappa shape index (κ2) is 7.07. The minimum atomic E-state index is -0.116. The average Bonchev–Trinajstić information content (AvgIpc) is 3.11. The van der Waals surface area contributed by atoms with E-state index >= 15 is 0 Å². The molecule has 5 nitrogen and oxygen atoms in total. The zero-order valence-electron chi connectivity index (χ0n) is 12.4. The van der Waals surface area contributed by atoms with Gasteiger partial charge < -0.3 is 5.32 Å². The first-order valence-electron chi connectivity index (χ1n) is 7.30. The molecule has 0 atom stereocenters. The maximum Gasteiger partial charge on any atom is 0.235 e. The van der Waals surface area contributed by atoms with Crippen molar-refractivity contribution in [2.45, 2.75) is 19.3 Å². The third-order valence-corrected chi connectivity index (χ3v) is 4.69. The van der Waals surface area contributed by atoms with Gasteiger partial charge in [-0.05, 0) is 43.5 Å². The van der Waals surface area contributed by atoms with Crippen LogP contribution in [0.25, 0.3) is 5.69 Å². The largest absolute Gasteiger partial charge is 0.310 e. The van der Waals surface area contributed by atoms with Crippen molar-refractivity contribution in [1.82, 2.24) is 9.78 Å². The summed E-state index contributed by atoms with van der Waals surface area (Å²) >= 11 is 7.24. The number of nitriles is 1. The highest BCUT2D eigenvalue weighted by Gasteiger charge is 2.24. The number of hydrogen-bond acceptors (Lipinski definition) is 4. The molecule has 23 heavy (non-hydrogen) atoms. The number of fused-ring (bicyclic) bond motifs is 1. The lowest BCUT2D eigenvalue weighted by molar-refractivity contribution is -0.113. The highest BCUT2D eigenvalue weighted by atomic mass is 35.5. The lowest BCUT2D eigenvalue weighted by Gasteiger charge is -2.11. The molecular weight excluding hydrogens is 332 g/mol. The van der Waals surface area contributed by atoms with Crippen LogP contribution < -0.4 is 5.32 Å². The van der Waals surface area contributed by atoms with Gasteiger partial charge in [-0.25, -0.2) is 4.68 Å². The van der Waals surface area contributed by atoms with Crippen LogP contribution in [0.5, 0.6) is 0 Å². The van der Waals surface area contributed by atoms with Gasteiger partial charge in [-0.15, -0.1) is 11.8 Å². The van der Waals surface area contributed by atoms with Crippen molar-refractivity contribution in [2.75, 3.05) is 16.8 Å². The fraction of sp³-hybridized carbons (Fsp3) is 0.312. The van der Waals surface area contributed by atoms with Crippen molar-refractivity contribution in [1.29, 1.82) is 5.26 Å². The maximum absolute atomic E-state index is 12.1. The highest BCUT2D eigenvalue weighted by molar-refractivity contribution is 8.00. The summed E-state index contributed by atoms with van der Waals surface area (Å²) in [5.74, 6) is 1.19. The third kappa shape index (κ3) is 3.52. The molecule has 0 saturated heterocycles. The number of anilines is 1. The van der Waals surface area contributed by atoms with Gasteiger partial charge >= 0.3 is 0 Å². The smallest absolute Gasteiger partial charge is 0.235 e. The lowest BCUT2D eigenvalue weighted by Crippen LogP contribution is -2.18. The number of nitrogens with one attached hydrogen (secondary N) is 1. The topological polar surface area (TPSA) is 70.7 Å². The summed E-state index contributed by atoms with van der Waals surface area (Å²) in [5.41, 5.74) is 3.02. The number of aryl methyl sites for hydroxylation is 1. The fourth-order valence-electron chi connectivity index (χ4n) is 2.65. The Morgan fingerprint density at radius 2 is 2.17 bits per heavy atom. The second-order valence-electron chi connectivity index (χ2n) is 5.21. The van der Waals surface area contributed by atoms with Crippen LogP contribution in [0.4, 0.5) is 5.82 Å². The molecule has 3 rings (SSSR count). The first-order valence-corrected chi connectivity index (χ1v) is 8.83. The zero-order chi connectivity index (χ0) is 16.2. The summed E-state index contributed by atoms with van der Waals surface area (Å²) in [5, 5.41) is 16.8. The summed E-state index contributed by atoms with van der Waals surface area (Å²) in [6, 6.07) is 9.39. The van der Waals surface area contributed by atoms with Gasteiger partial charge in [0.05, 0.1) is 29.0 Å². The SMILES string of the molecule is N#CCSCC(=O)Nc1c2c(nn1-c1ccc(Cl)cc1)CCC2. The summed E-state index contributed by atoms with van der Waals surface area (Å²) in [6.07, 6.45) is 2.91. The van der Waals surface area contributed by atoms with Gasteiger partial charge in [0.25, 0.3) is 0 Å². The van der Waals surface area contributed by atoms with Gasteiger partial charge in [0, 0.05) is 10.6 Å². The van der Waals surface area contributed by atoms with Crippen LogP contribution in [0.2, 0.25) is 5.02 Å². The molecule has 118 valence electrons. The molecule has 0 aliphatic heterocycles. The van der Waals surface area contributed by atoms with Crippen molar-refractivity contribution in [3.05, 3.63) is 40.5 Å². The summed E-state index contributed by atoms with van der Waals surface area (Å²) in [4.78, 5) is 12.1. The normalized spacial score (nSPS) is 12.7. The molecule has 1 amide bonds. The molecule has 1 heterocycles. The molecule has 0 spiro atoms. The molecule has 1 aliphatic carbocycles. The molecule has 0 bridgehead atoms. The van der Waals surface area contributed by atoms with Crippen molar-refractivity contribution in [3.63, 3.8) is 0 Å².